The van der Waals surface area contributed by atoms with Crippen LogP contribution in [0, 0.1) is 0 Å². The summed E-state index contributed by atoms with van der Waals surface area (Å²) < 4.78 is 12.3. The van der Waals surface area contributed by atoms with E-state index in [1.807, 2.05) is 26.0 Å². The molecule has 0 aliphatic carbocycles. The molecule has 5 nitrogen and oxygen atoms in total. The van der Waals surface area contributed by atoms with Gasteiger partial charge in [0, 0.05) is 5.56 Å². The first-order valence-electron chi connectivity index (χ1n) is 11.9. The maximum atomic E-state index is 13.6. The number of hydrogen-bond donors (Lipinski definition) is 2. The molecule has 0 spiro atoms. The third-order valence-electron chi connectivity index (χ3n) is 6.22. The molecular formula is C30H32O5. The molecule has 2 heterocycles. The molecule has 4 rings (SSSR count). The Morgan fingerprint density at radius 1 is 1.06 bits per heavy atom. The molecule has 1 aromatic heterocycles. The van der Waals surface area contributed by atoms with Gasteiger partial charge in [-0.25, -0.2) is 0 Å². The summed E-state index contributed by atoms with van der Waals surface area (Å²) in [6, 6.07) is 6.32. The summed E-state index contributed by atoms with van der Waals surface area (Å²) in [5.74, 6) is 0.496. The first kappa shape index (κ1) is 24.4. The van der Waals surface area contributed by atoms with Crippen LogP contribution >= 0.6 is 0 Å². The van der Waals surface area contributed by atoms with Crippen molar-refractivity contribution in [1.29, 1.82) is 0 Å². The average Bonchev–Trinajstić information content (AvgIpc) is 2.78. The zero-order chi connectivity index (χ0) is 25.3. The van der Waals surface area contributed by atoms with Gasteiger partial charge in [0.05, 0.1) is 11.1 Å². The number of rotatable bonds is 6. The van der Waals surface area contributed by atoms with Gasteiger partial charge in [0.1, 0.15) is 40.1 Å². The van der Waals surface area contributed by atoms with Gasteiger partial charge in [0.25, 0.3) is 0 Å². The normalized spacial score (nSPS) is 14.5. The van der Waals surface area contributed by atoms with Gasteiger partial charge in [0.15, 0.2) is 0 Å². The summed E-state index contributed by atoms with van der Waals surface area (Å²) in [5, 5.41) is 20.9. The lowest BCUT2D eigenvalue weighted by Gasteiger charge is -2.30. The van der Waals surface area contributed by atoms with Crippen molar-refractivity contribution in [3.8, 4) is 28.4 Å². The van der Waals surface area contributed by atoms with E-state index in [2.05, 4.69) is 32.9 Å². The maximum absolute atomic E-state index is 13.6. The molecule has 0 atom stereocenters. The van der Waals surface area contributed by atoms with E-state index < -0.39 is 5.60 Å². The van der Waals surface area contributed by atoms with Crippen LogP contribution in [0.5, 0.6) is 17.2 Å². The summed E-state index contributed by atoms with van der Waals surface area (Å²) in [4.78, 5) is 13.6. The summed E-state index contributed by atoms with van der Waals surface area (Å²) >= 11 is 0. The fraction of sp³-hybridized carbons (Fsp3) is 0.300. The molecule has 2 N–H and O–H groups in total. The molecule has 0 fully saturated rings. The number of allylic oxidation sites excluding steroid dienone is 4. The second kappa shape index (κ2) is 9.49. The van der Waals surface area contributed by atoms with Gasteiger partial charge in [-0.3, -0.25) is 4.79 Å². The lowest BCUT2D eigenvalue weighted by molar-refractivity contribution is 0.157. The highest BCUT2D eigenvalue weighted by molar-refractivity contribution is 5.95. The number of aromatic hydroxyl groups is 2. The van der Waals surface area contributed by atoms with E-state index in [0.717, 1.165) is 18.4 Å². The fourth-order valence-corrected chi connectivity index (χ4v) is 4.26. The summed E-state index contributed by atoms with van der Waals surface area (Å²) in [7, 11) is 0. The molecule has 182 valence electrons. The van der Waals surface area contributed by atoms with Crippen LogP contribution in [-0.2, 0) is 6.42 Å². The quantitative estimate of drug-likeness (QED) is 0.368. The summed E-state index contributed by atoms with van der Waals surface area (Å²) in [5.41, 5.74) is 4.09. The zero-order valence-corrected chi connectivity index (χ0v) is 20.9. The summed E-state index contributed by atoms with van der Waals surface area (Å²) in [6.07, 6.45) is 11.9. The Morgan fingerprint density at radius 3 is 2.46 bits per heavy atom. The first-order chi connectivity index (χ1) is 16.6. The van der Waals surface area contributed by atoms with E-state index in [1.165, 1.54) is 29.5 Å². The van der Waals surface area contributed by atoms with E-state index >= 15 is 0 Å². The largest absolute Gasteiger partial charge is 0.508 e. The second-order valence-corrected chi connectivity index (χ2v) is 9.91. The second-order valence-electron chi connectivity index (χ2n) is 9.91. The topological polar surface area (TPSA) is 79.9 Å². The van der Waals surface area contributed by atoms with Crippen LogP contribution in [-0.4, -0.2) is 15.8 Å². The van der Waals surface area contributed by atoms with Crippen molar-refractivity contribution in [2.45, 2.75) is 59.5 Å². The van der Waals surface area contributed by atoms with Crippen LogP contribution in [0.25, 0.3) is 28.2 Å². The Hall–Kier alpha value is -3.73. The highest BCUT2D eigenvalue weighted by atomic mass is 16.5. The van der Waals surface area contributed by atoms with Crippen molar-refractivity contribution in [2.75, 3.05) is 0 Å². The fourth-order valence-electron chi connectivity index (χ4n) is 4.26. The van der Waals surface area contributed by atoms with Crippen LogP contribution in [0.3, 0.4) is 0 Å². The Morgan fingerprint density at radius 2 is 1.77 bits per heavy atom. The molecule has 0 radical (unpaired) electrons. The molecule has 0 saturated carbocycles. The number of benzene rings is 2. The SMILES string of the molecule is CC(C)=CCC/C(C)=C\Cc1c2c(c(O)c3c(=O)c(-c4ccc(O)cc4)coc13)C=CC(C)(C)O2. The minimum absolute atomic E-state index is 0.106. The van der Waals surface area contributed by atoms with Gasteiger partial charge in [-0.1, -0.05) is 35.4 Å². The molecule has 0 unspecified atom stereocenters. The predicted octanol–water partition coefficient (Wildman–Crippen LogP) is 7.29. The number of hydrogen-bond acceptors (Lipinski definition) is 5. The first-order valence-corrected chi connectivity index (χ1v) is 11.9. The van der Waals surface area contributed by atoms with E-state index in [9.17, 15) is 15.0 Å². The standard InChI is InChI=1S/C30H32O5/c1-18(2)7-6-8-19(3)9-14-23-28-22(15-16-30(4,5)35-28)26(32)25-27(33)24(17-34-29(23)25)20-10-12-21(31)13-11-20/h7,9-13,15-17,31-32H,6,8,14H2,1-5H3/b19-9-. The van der Waals surface area contributed by atoms with Crippen LogP contribution in [0.15, 0.2) is 69.1 Å². The molecule has 3 aromatic rings. The zero-order valence-electron chi connectivity index (χ0n) is 20.9. The van der Waals surface area contributed by atoms with E-state index in [4.69, 9.17) is 9.15 Å². The average molecular weight is 473 g/mol. The lowest BCUT2D eigenvalue weighted by atomic mass is 9.93. The summed E-state index contributed by atoms with van der Waals surface area (Å²) in [6.45, 7) is 10.2. The van der Waals surface area contributed by atoms with Crippen molar-refractivity contribution >= 4 is 17.0 Å². The van der Waals surface area contributed by atoms with E-state index in [1.54, 1.807) is 12.1 Å². The Bertz CT molecular complexity index is 1410. The highest BCUT2D eigenvalue weighted by Gasteiger charge is 2.30. The molecule has 5 heteroatoms. The monoisotopic (exact) mass is 472 g/mol. The van der Waals surface area contributed by atoms with Crippen LogP contribution < -0.4 is 10.2 Å². The molecule has 0 amide bonds. The van der Waals surface area contributed by atoms with Crippen LogP contribution in [0.4, 0.5) is 0 Å². The van der Waals surface area contributed by atoms with Crippen molar-refractivity contribution in [1.82, 2.24) is 0 Å². The van der Waals surface area contributed by atoms with Crippen LogP contribution in [0.1, 0.15) is 58.6 Å². The third-order valence-corrected chi connectivity index (χ3v) is 6.22. The molecule has 0 bridgehead atoms. The highest BCUT2D eigenvalue weighted by Crippen LogP contribution is 2.45. The number of phenols is 2. The predicted molar refractivity (Wildman–Crippen MR) is 141 cm³/mol. The maximum Gasteiger partial charge on any atom is 0.204 e. The number of phenolic OH excluding ortho intramolecular Hbond substituents is 2. The van der Waals surface area contributed by atoms with Gasteiger partial charge in [0.2, 0.25) is 5.43 Å². The smallest absolute Gasteiger partial charge is 0.204 e. The molecular weight excluding hydrogens is 440 g/mol. The van der Waals surface area contributed by atoms with E-state index in [0.29, 0.717) is 34.4 Å². The Kier molecular flexibility index (Phi) is 6.62. The third kappa shape index (κ3) is 5.04. The molecule has 1 aliphatic rings. The van der Waals surface area contributed by atoms with Gasteiger partial charge in [-0.15, -0.1) is 0 Å². The molecule has 2 aromatic carbocycles. The molecule has 0 saturated heterocycles. The number of fused-ring (bicyclic) bond motifs is 2. The van der Waals surface area contributed by atoms with Crippen molar-refractivity contribution in [3.63, 3.8) is 0 Å². The van der Waals surface area contributed by atoms with E-state index in [-0.39, 0.29) is 22.3 Å². The van der Waals surface area contributed by atoms with Gasteiger partial charge < -0.3 is 19.4 Å². The van der Waals surface area contributed by atoms with Crippen molar-refractivity contribution < 1.29 is 19.4 Å². The minimum Gasteiger partial charge on any atom is -0.508 e. The minimum atomic E-state index is -0.559. The molecule has 1 aliphatic heterocycles. The van der Waals surface area contributed by atoms with Gasteiger partial charge >= 0.3 is 0 Å². The Labute approximate surface area is 205 Å². The number of ether oxygens (including phenoxy) is 1. The molecule has 35 heavy (non-hydrogen) atoms. The lowest BCUT2D eigenvalue weighted by Crippen LogP contribution is -2.28. The van der Waals surface area contributed by atoms with Crippen LogP contribution in [0.2, 0.25) is 0 Å². The van der Waals surface area contributed by atoms with Gasteiger partial charge in [-0.05, 0) is 83.7 Å². The van der Waals surface area contributed by atoms with Crippen molar-refractivity contribution in [2.24, 2.45) is 0 Å². The van der Waals surface area contributed by atoms with Gasteiger partial charge in [-0.2, -0.15) is 0 Å². The van der Waals surface area contributed by atoms with Crippen molar-refractivity contribution in [3.05, 3.63) is 81.3 Å². The Balaban J connectivity index is 1.88.